The van der Waals surface area contributed by atoms with E-state index in [0.29, 0.717) is 11.5 Å². The Labute approximate surface area is 153 Å². The molecule has 2 fully saturated rings. The zero-order valence-corrected chi connectivity index (χ0v) is 15.3. The molecule has 2 saturated heterocycles. The van der Waals surface area contributed by atoms with E-state index < -0.39 is 12.1 Å². The van der Waals surface area contributed by atoms with Gasteiger partial charge in [-0.1, -0.05) is 18.9 Å². The SMILES string of the molecule is COc1ccc([C@H]2NC(=O)CO[C@@H]2C(=O)N2CCCCCC2)cc1OC. The van der Waals surface area contributed by atoms with Gasteiger partial charge < -0.3 is 24.4 Å². The summed E-state index contributed by atoms with van der Waals surface area (Å²) in [7, 11) is 3.12. The van der Waals surface area contributed by atoms with Crippen molar-refractivity contribution in [1.82, 2.24) is 10.2 Å². The molecule has 7 nitrogen and oxygen atoms in total. The van der Waals surface area contributed by atoms with Crippen LogP contribution in [0, 0.1) is 0 Å². The minimum atomic E-state index is -0.732. The summed E-state index contributed by atoms with van der Waals surface area (Å²) in [5.74, 6) is 0.844. The Morgan fingerprint density at radius 2 is 1.81 bits per heavy atom. The van der Waals surface area contributed by atoms with E-state index >= 15 is 0 Å². The van der Waals surface area contributed by atoms with E-state index in [1.165, 1.54) is 0 Å². The topological polar surface area (TPSA) is 77.1 Å². The minimum Gasteiger partial charge on any atom is -0.493 e. The highest BCUT2D eigenvalue weighted by molar-refractivity contribution is 5.86. The number of hydrogen-bond donors (Lipinski definition) is 1. The number of benzene rings is 1. The van der Waals surface area contributed by atoms with Crippen molar-refractivity contribution in [2.75, 3.05) is 33.9 Å². The summed E-state index contributed by atoms with van der Waals surface area (Å²) < 4.78 is 16.3. The second kappa shape index (κ2) is 8.40. The first-order chi connectivity index (χ1) is 12.6. The lowest BCUT2D eigenvalue weighted by atomic mass is 9.98. The zero-order chi connectivity index (χ0) is 18.5. The fourth-order valence-electron chi connectivity index (χ4n) is 3.54. The maximum atomic E-state index is 13.1. The van der Waals surface area contributed by atoms with Gasteiger partial charge in [0.15, 0.2) is 17.6 Å². The highest BCUT2D eigenvalue weighted by atomic mass is 16.5. The Morgan fingerprint density at radius 1 is 1.12 bits per heavy atom. The summed E-state index contributed by atoms with van der Waals surface area (Å²) in [5.41, 5.74) is 0.754. The van der Waals surface area contributed by atoms with Gasteiger partial charge in [-0.25, -0.2) is 0 Å². The van der Waals surface area contributed by atoms with Crippen molar-refractivity contribution >= 4 is 11.8 Å². The number of nitrogens with one attached hydrogen (secondary N) is 1. The number of nitrogens with zero attached hydrogens (tertiary/aromatic N) is 1. The average Bonchev–Trinajstić information content (AvgIpc) is 2.96. The number of likely N-dealkylation sites (tertiary alicyclic amines) is 1. The van der Waals surface area contributed by atoms with Crippen molar-refractivity contribution in [3.63, 3.8) is 0 Å². The molecule has 7 heteroatoms. The van der Waals surface area contributed by atoms with Crippen LogP contribution >= 0.6 is 0 Å². The van der Waals surface area contributed by atoms with Gasteiger partial charge in [0.25, 0.3) is 5.91 Å². The molecule has 0 radical (unpaired) electrons. The smallest absolute Gasteiger partial charge is 0.254 e. The number of carbonyl (C=O) groups excluding carboxylic acids is 2. The summed E-state index contributed by atoms with van der Waals surface area (Å²) in [5, 5.41) is 2.90. The lowest BCUT2D eigenvalue weighted by molar-refractivity contribution is -0.155. The van der Waals surface area contributed by atoms with Crippen LogP contribution in [-0.2, 0) is 14.3 Å². The van der Waals surface area contributed by atoms with E-state index in [0.717, 1.165) is 44.3 Å². The zero-order valence-electron chi connectivity index (χ0n) is 15.3. The lowest BCUT2D eigenvalue weighted by Crippen LogP contribution is -2.53. The quantitative estimate of drug-likeness (QED) is 0.882. The first-order valence-electron chi connectivity index (χ1n) is 9.05. The average molecular weight is 362 g/mol. The van der Waals surface area contributed by atoms with Crippen molar-refractivity contribution < 1.29 is 23.8 Å². The monoisotopic (exact) mass is 362 g/mol. The van der Waals surface area contributed by atoms with Gasteiger partial charge in [0.05, 0.1) is 20.3 Å². The summed E-state index contributed by atoms with van der Waals surface area (Å²) >= 11 is 0. The van der Waals surface area contributed by atoms with E-state index in [4.69, 9.17) is 14.2 Å². The molecule has 2 aliphatic rings. The predicted molar refractivity (Wildman–Crippen MR) is 95.2 cm³/mol. The number of amides is 2. The van der Waals surface area contributed by atoms with Crippen LogP contribution in [0.25, 0.3) is 0 Å². The molecular weight excluding hydrogens is 336 g/mol. The molecule has 0 aromatic heterocycles. The Hall–Kier alpha value is -2.28. The second-order valence-corrected chi connectivity index (χ2v) is 6.63. The summed E-state index contributed by atoms with van der Waals surface area (Å²) in [6, 6.07) is 4.82. The molecule has 26 heavy (non-hydrogen) atoms. The van der Waals surface area contributed by atoms with Crippen LogP contribution < -0.4 is 14.8 Å². The number of hydrogen-bond acceptors (Lipinski definition) is 5. The number of ether oxygens (including phenoxy) is 3. The number of carbonyl (C=O) groups is 2. The van der Waals surface area contributed by atoms with E-state index in [1.54, 1.807) is 26.4 Å². The van der Waals surface area contributed by atoms with Crippen molar-refractivity contribution in [3.05, 3.63) is 23.8 Å². The Morgan fingerprint density at radius 3 is 2.46 bits per heavy atom. The standard InChI is InChI=1S/C19H26N2O5/c1-24-14-8-7-13(11-15(14)25-2)17-18(26-12-16(22)20-17)19(23)21-9-5-3-4-6-10-21/h7-8,11,17-18H,3-6,9-10,12H2,1-2H3,(H,20,22)/t17-,18+/m1/s1. The molecule has 0 aliphatic carbocycles. The molecule has 1 N–H and O–H groups in total. The van der Waals surface area contributed by atoms with Crippen LogP contribution in [-0.4, -0.2) is 56.7 Å². The highest BCUT2D eigenvalue weighted by Gasteiger charge is 2.38. The molecule has 0 spiro atoms. The molecule has 2 amide bonds. The molecule has 2 aliphatic heterocycles. The molecule has 2 atom stereocenters. The molecule has 0 unspecified atom stereocenters. The first-order valence-corrected chi connectivity index (χ1v) is 9.05. The van der Waals surface area contributed by atoms with Crippen LogP contribution in [0.3, 0.4) is 0 Å². The molecule has 0 saturated carbocycles. The van der Waals surface area contributed by atoms with E-state index in [2.05, 4.69) is 5.32 Å². The van der Waals surface area contributed by atoms with Gasteiger partial charge in [0.1, 0.15) is 6.61 Å². The van der Waals surface area contributed by atoms with Crippen molar-refractivity contribution in [3.8, 4) is 11.5 Å². The van der Waals surface area contributed by atoms with Crippen LogP contribution in [0.5, 0.6) is 11.5 Å². The number of morpholine rings is 1. The third-order valence-electron chi connectivity index (χ3n) is 4.94. The maximum absolute atomic E-state index is 13.1. The van der Waals surface area contributed by atoms with E-state index in [-0.39, 0.29) is 18.4 Å². The number of rotatable bonds is 4. The summed E-state index contributed by atoms with van der Waals surface area (Å²) in [6.45, 7) is 1.38. The molecule has 1 aromatic carbocycles. The minimum absolute atomic E-state index is 0.0633. The molecule has 1 aromatic rings. The third kappa shape index (κ3) is 3.93. The first kappa shape index (κ1) is 18.5. The van der Waals surface area contributed by atoms with Crippen LogP contribution in [0.2, 0.25) is 0 Å². The Kier molecular flexibility index (Phi) is 5.98. The largest absolute Gasteiger partial charge is 0.493 e. The van der Waals surface area contributed by atoms with Crippen molar-refractivity contribution in [2.45, 2.75) is 37.8 Å². The van der Waals surface area contributed by atoms with Gasteiger partial charge in [-0.3, -0.25) is 9.59 Å². The lowest BCUT2D eigenvalue weighted by Gasteiger charge is -2.35. The number of methoxy groups -OCH3 is 2. The molecular formula is C19H26N2O5. The third-order valence-corrected chi connectivity index (χ3v) is 4.94. The Balaban J connectivity index is 1.86. The van der Waals surface area contributed by atoms with Crippen LogP contribution in [0.4, 0.5) is 0 Å². The molecule has 0 bridgehead atoms. The fourth-order valence-corrected chi connectivity index (χ4v) is 3.54. The van der Waals surface area contributed by atoms with Gasteiger partial charge in [-0.2, -0.15) is 0 Å². The maximum Gasteiger partial charge on any atom is 0.254 e. The van der Waals surface area contributed by atoms with Crippen molar-refractivity contribution in [1.29, 1.82) is 0 Å². The van der Waals surface area contributed by atoms with Crippen molar-refractivity contribution in [2.24, 2.45) is 0 Å². The van der Waals surface area contributed by atoms with Gasteiger partial charge in [0, 0.05) is 13.1 Å². The molecule has 3 rings (SSSR count). The summed E-state index contributed by atoms with van der Waals surface area (Å²) in [4.78, 5) is 26.8. The predicted octanol–water partition coefficient (Wildman–Crippen LogP) is 1.66. The van der Waals surface area contributed by atoms with Crippen LogP contribution in [0.15, 0.2) is 18.2 Å². The van der Waals surface area contributed by atoms with E-state index in [9.17, 15) is 9.59 Å². The van der Waals surface area contributed by atoms with Crippen LogP contribution in [0.1, 0.15) is 37.3 Å². The molecule has 142 valence electrons. The normalized spacial score (nSPS) is 23.8. The highest BCUT2D eigenvalue weighted by Crippen LogP contribution is 2.33. The fraction of sp³-hybridized carbons (Fsp3) is 0.579. The summed E-state index contributed by atoms with van der Waals surface area (Å²) in [6.07, 6.45) is 3.57. The van der Waals surface area contributed by atoms with Gasteiger partial charge in [-0.05, 0) is 30.5 Å². The Bertz CT molecular complexity index is 655. The molecule has 2 heterocycles. The van der Waals surface area contributed by atoms with E-state index in [1.807, 2.05) is 11.0 Å². The second-order valence-electron chi connectivity index (χ2n) is 6.63. The van der Waals surface area contributed by atoms with Gasteiger partial charge >= 0.3 is 0 Å². The van der Waals surface area contributed by atoms with Gasteiger partial charge in [-0.15, -0.1) is 0 Å². The van der Waals surface area contributed by atoms with Gasteiger partial charge in [0.2, 0.25) is 5.91 Å².